The number of hydrogen-bond donors (Lipinski definition) is 1. The zero-order valence-electron chi connectivity index (χ0n) is 15.4. The smallest absolute Gasteiger partial charge is 0.259 e. The average Bonchev–Trinajstić information content (AvgIpc) is 2.62. The van der Waals surface area contributed by atoms with Crippen molar-refractivity contribution in [3.63, 3.8) is 0 Å². The lowest BCUT2D eigenvalue weighted by molar-refractivity contribution is -0.130. The third kappa shape index (κ3) is 3.22. The molecule has 1 aliphatic rings. The minimum atomic E-state index is -0.373. The molecule has 0 bridgehead atoms. The molecule has 0 aliphatic carbocycles. The van der Waals surface area contributed by atoms with Gasteiger partial charge in [-0.2, -0.15) is 0 Å². The molecule has 1 atom stereocenters. The molecule has 0 fully saturated rings. The van der Waals surface area contributed by atoms with E-state index < -0.39 is 0 Å². The highest BCUT2D eigenvalue weighted by Crippen LogP contribution is 2.36. The first-order valence-electron chi connectivity index (χ1n) is 8.45. The lowest BCUT2D eigenvalue weighted by Crippen LogP contribution is -2.40. The number of carbonyl (C=O) groups excluding carboxylic acids is 2. The molecule has 2 amide bonds. The van der Waals surface area contributed by atoms with E-state index >= 15 is 0 Å². The number of nitrogens with one attached hydrogen (secondary N) is 1. The summed E-state index contributed by atoms with van der Waals surface area (Å²) in [7, 11) is 5.13. The van der Waals surface area contributed by atoms with Gasteiger partial charge >= 0.3 is 0 Å². The van der Waals surface area contributed by atoms with E-state index in [9.17, 15) is 9.59 Å². The molecule has 0 saturated carbocycles. The van der Waals surface area contributed by atoms with Crippen molar-refractivity contribution in [1.82, 2.24) is 9.80 Å². The normalized spacial score (nSPS) is 15.9. The topological polar surface area (TPSA) is 61.9 Å². The Labute approximate surface area is 153 Å². The van der Waals surface area contributed by atoms with Crippen LogP contribution in [0.5, 0.6) is 5.75 Å². The van der Waals surface area contributed by atoms with Gasteiger partial charge in [-0.25, -0.2) is 0 Å². The molecule has 2 aromatic carbocycles. The van der Waals surface area contributed by atoms with E-state index in [4.69, 9.17) is 4.74 Å². The van der Waals surface area contributed by atoms with Crippen LogP contribution in [0.15, 0.2) is 42.5 Å². The van der Waals surface area contributed by atoms with Gasteiger partial charge in [-0.05, 0) is 24.6 Å². The fraction of sp³-hybridized carbons (Fsp3) is 0.300. The number of likely N-dealkylation sites (N-methyl/N-ethyl adjacent to an activating group) is 1. The lowest BCUT2D eigenvalue weighted by Gasteiger charge is -2.36. The Balaban J connectivity index is 1.92. The van der Waals surface area contributed by atoms with Crippen molar-refractivity contribution in [3.05, 3.63) is 59.2 Å². The number of para-hydroxylation sites is 1. The number of ether oxygens (including phenoxy) is 1. The van der Waals surface area contributed by atoms with Gasteiger partial charge in [-0.15, -0.1) is 0 Å². The van der Waals surface area contributed by atoms with Gasteiger partial charge < -0.3 is 19.9 Å². The highest BCUT2D eigenvalue weighted by Gasteiger charge is 2.32. The third-order valence-electron chi connectivity index (χ3n) is 4.55. The Morgan fingerprint density at radius 3 is 2.65 bits per heavy atom. The number of nitrogens with zero attached hydrogens (tertiary/aromatic N) is 2. The largest absolute Gasteiger partial charge is 0.483 e. The van der Waals surface area contributed by atoms with Crippen molar-refractivity contribution in [2.45, 2.75) is 13.1 Å². The first kappa shape index (κ1) is 17.8. The SMILES string of the molecule is Cc1cccc2c1C(=O)N(C)C(c1ccccc1OCC(=O)N(C)C)N2. The van der Waals surface area contributed by atoms with Crippen LogP contribution in [0.1, 0.15) is 27.7 Å². The van der Waals surface area contributed by atoms with Gasteiger partial charge in [0.2, 0.25) is 0 Å². The summed E-state index contributed by atoms with van der Waals surface area (Å²) in [6.07, 6.45) is -0.373. The number of benzene rings is 2. The molecule has 6 nitrogen and oxygen atoms in total. The van der Waals surface area contributed by atoms with Gasteiger partial charge in [-0.1, -0.05) is 30.3 Å². The monoisotopic (exact) mass is 353 g/mol. The average molecular weight is 353 g/mol. The van der Waals surface area contributed by atoms with Gasteiger partial charge in [0.05, 0.1) is 5.56 Å². The summed E-state index contributed by atoms with van der Waals surface area (Å²) in [6, 6.07) is 13.2. The number of fused-ring (bicyclic) bond motifs is 1. The van der Waals surface area contributed by atoms with Crippen LogP contribution >= 0.6 is 0 Å². The fourth-order valence-electron chi connectivity index (χ4n) is 3.00. The Hall–Kier alpha value is -3.02. The summed E-state index contributed by atoms with van der Waals surface area (Å²) in [4.78, 5) is 27.9. The third-order valence-corrected chi connectivity index (χ3v) is 4.55. The summed E-state index contributed by atoms with van der Waals surface area (Å²) < 4.78 is 5.74. The standard InChI is InChI=1S/C20H23N3O3/c1-13-8-7-10-15-18(13)20(25)23(4)19(21-15)14-9-5-6-11-16(14)26-12-17(24)22(2)3/h5-11,19,21H,12H2,1-4H3. The van der Waals surface area contributed by atoms with Crippen LogP contribution in [0.4, 0.5) is 5.69 Å². The maximum Gasteiger partial charge on any atom is 0.259 e. The Kier molecular flexibility index (Phi) is 4.84. The van der Waals surface area contributed by atoms with E-state index in [1.807, 2.05) is 49.4 Å². The van der Waals surface area contributed by atoms with Crippen LogP contribution in [-0.4, -0.2) is 49.4 Å². The van der Waals surface area contributed by atoms with Crippen LogP contribution in [0, 0.1) is 6.92 Å². The molecule has 1 unspecified atom stereocenters. The van der Waals surface area contributed by atoms with Crippen molar-refractivity contribution in [2.75, 3.05) is 33.1 Å². The first-order valence-corrected chi connectivity index (χ1v) is 8.45. The number of amides is 2. The Morgan fingerprint density at radius 1 is 1.19 bits per heavy atom. The van der Waals surface area contributed by atoms with Gasteiger partial charge in [0.15, 0.2) is 6.61 Å². The molecule has 1 aliphatic heterocycles. The fourth-order valence-corrected chi connectivity index (χ4v) is 3.00. The van der Waals surface area contributed by atoms with E-state index in [2.05, 4.69) is 5.32 Å². The van der Waals surface area contributed by atoms with E-state index in [1.165, 1.54) is 4.90 Å². The van der Waals surface area contributed by atoms with Gasteiger partial charge in [-0.3, -0.25) is 9.59 Å². The minimum absolute atomic E-state index is 0.0407. The molecule has 0 radical (unpaired) electrons. The quantitative estimate of drug-likeness (QED) is 0.918. The Morgan fingerprint density at radius 2 is 1.92 bits per heavy atom. The number of carbonyl (C=O) groups is 2. The molecule has 1 N–H and O–H groups in total. The molecular formula is C20H23N3O3. The van der Waals surface area contributed by atoms with Crippen LogP contribution in [-0.2, 0) is 4.79 Å². The zero-order chi connectivity index (χ0) is 18.8. The molecular weight excluding hydrogens is 330 g/mol. The van der Waals surface area contributed by atoms with Gasteiger partial charge in [0.25, 0.3) is 11.8 Å². The summed E-state index contributed by atoms with van der Waals surface area (Å²) >= 11 is 0. The minimum Gasteiger partial charge on any atom is -0.483 e. The molecule has 0 aromatic heterocycles. The van der Waals surface area contributed by atoms with Crippen molar-refractivity contribution in [2.24, 2.45) is 0 Å². The highest BCUT2D eigenvalue weighted by molar-refractivity contribution is 6.03. The van der Waals surface area contributed by atoms with Gasteiger partial charge in [0.1, 0.15) is 11.9 Å². The number of rotatable bonds is 4. The predicted molar refractivity (Wildman–Crippen MR) is 100 cm³/mol. The van der Waals surface area contributed by atoms with Crippen LogP contribution < -0.4 is 10.1 Å². The summed E-state index contributed by atoms with van der Waals surface area (Å²) in [5.41, 5.74) is 3.23. The van der Waals surface area contributed by atoms with E-state index in [0.29, 0.717) is 11.3 Å². The van der Waals surface area contributed by atoms with Crippen molar-refractivity contribution < 1.29 is 14.3 Å². The number of anilines is 1. The molecule has 0 saturated heterocycles. The second-order valence-electron chi connectivity index (χ2n) is 6.58. The van der Waals surface area contributed by atoms with Crippen molar-refractivity contribution in [3.8, 4) is 5.75 Å². The van der Waals surface area contributed by atoms with Crippen LogP contribution in [0.2, 0.25) is 0 Å². The molecule has 3 rings (SSSR count). The number of aryl methyl sites for hydroxylation is 1. The molecule has 6 heteroatoms. The molecule has 0 spiro atoms. The van der Waals surface area contributed by atoms with Crippen molar-refractivity contribution >= 4 is 17.5 Å². The second-order valence-corrected chi connectivity index (χ2v) is 6.58. The first-order chi connectivity index (χ1) is 12.4. The lowest BCUT2D eigenvalue weighted by atomic mass is 10.00. The van der Waals surface area contributed by atoms with E-state index in [-0.39, 0.29) is 24.6 Å². The maximum absolute atomic E-state index is 12.9. The zero-order valence-corrected chi connectivity index (χ0v) is 15.4. The molecule has 1 heterocycles. The highest BCUT2D eigenvalue weighted by atomic mass is 16.5. The summed E-state index contributed by atoms with van der Waals surface area (Å²) in [5.74, 6) is 0.416. The van der Waals surface area contributed by atoms with Gasteiger partial charge in [0, 0.05) is 32.4 Å². The molecule has 26 heavy (non-hydrogen) atoms. The Bertz CT molecular complexity index is 848. The predicted octanol–water partition coefficient (Wildman–Crippen LogP) is 2.66. The summed E-state index contributed by atoms with van der Waals surface area (Å²) in [6.45, 7) is 1.88. The van der Waals surface area contributed by atoms with Crippen LogP contribution in [0.3, 0.4) is 0 Å². The summed E-state index contributed by atoms with van der Waals surface area (Å²) in [5, 5.41) is 3.41. The second kappa shape index (κ2) is 7.07. The van der Waals surface area contributed by atoms with Crippen molar-refractivity contribution in [1.29, 1.82) is 0 Å². The maximum atomic E-state index is 12.9. The van der Waals surface area contributed by atoms with Crippen LogP contribution in [0.25, 0.3) is 0 Å². The molecule has 2 aromatic rings. The van der Waals surface area contributed by atoms with E-state index in [1.54, 1.807) is 26.0 Å². The molecule has 136 valence electrons. The number of hydrogen-bond acceptors (Lipinski definition) is 4. The van der Waals surface area contributed by atoms with E-state index in [0.717, 1.165) is 16.8 Å².